The van der Waals surface area contributed by atoms with Crippen LogP contribution in [-0.4, -0.2) is 28.7 Å². The van der Waals surface area contributed by atoms with Crippen molar-refractivity contribution in [2.24, 2.45) is 5.92 Å². The normalized spacial score (nSPS) is 16.0. The number of hydrogen-bond donors (Lipinski definition) is 1. The molecule has 0 saturated heterocycles. The van der Waals surface area contributed by atoms with Gasteiger partial charge in [0.15, 0.2) is 11.5 Å². The molecule has 0 bridgehead atoms. The smallest absolute Gasteiger partial charge is 0.261 e. The lowest BCUT2D eigenvalue weighted by atomic mass is 9.95. The monoisotopic (exact) mass is 433 g/mol. The second-order valence-electron chi connectivity index (χ2n) is 8.77. The average Bonchev–Trinajstić information content (AvgIpc) is 3.13. The highest BCUT2D eigenvalue weighted by atomic mass is 16.5. The number of aromatic nitrogens is 2. The maximum Gasteiger partial charge on any atom is 0.261 e. The number of rotatable bonds is 4. The number of ether oxygens (including phenoxy) is 2. The standard InChI is InChI=1S/C25H27N3O4/c1-15(2)23(16-7-9-20-21(14-16)32-12-4-11-31-20)27-24(29)17-6-8-18-19(13-17)26-22-5-3-10-28(22)25(18)30/h6-9,13-15,23H,3-5,10-12H2,1-2H3,(H,27,29). The quantitative estimate of drug-likeness (QED) is 0.679. The van der Waals surface area contributed by atoms with E-state index in [4.69, 9.17) is 9.47 Å². The van der Waals surface area contributed by atoms with Crippen LogP contribution in [0, 0.1) is 5.92 Å². The third-order valence-electron chi connectivity index (χ3n) is 6.16. The van der Waals surface area contributed by atoms with Crippen LogP contribution in [0.25, 0.3) is 10.9 Å². The molecule has 1 aromatic heterocycles. The lowest BCUT2D eigenvalue weighted by molar-refractivity contribution is 0.0925. The number of nitrogens with one attached hydrogen (secondary N) is 1. The van der Waals surface area contributed by atoms with Gasteiger partial charge in [-0.1, -0.05) is 19.9 Å². The van der Waals surface area contributed by atoms with Crippen LogP contribution in [-0.2, 0) is 13.0 Å². The Morgan fingerprint density at radius 3 is 2.69 bits per heavy atom. The summed E-state index contributed by atoms with van der Waals surface area (Å²) < 4.78 is 13.3. The summed E-state index contributed by atoms with van der Waals surface area (Å²) in [5.74, 6) is 2.21. The van der Waals surface area contributed by atoms with Crippen LogP contribution in [0.4, 0.5) is 0 Å². The van der Waals surface area contributed by atoms with Crippen molar-refractivity contribution in [3.05, 3.63) is 63.7 Å². The maximum absolute atomic E-state index is 13.2. The van der Waals surface area contributed by atoms with Crippen LogP contribution in [0.1, 0.15) is 54.5 Å². The molecule has 0 saturated carbocycles. The Morgan fingerprint density at radius 2 is 1.88 bits per heavy atom. The fourth-order valence-electron chi connectivity index (χ4n) is 4.46. The Bertz CT molecular complexity index is 1250. The van der Waals surface area contributed by atoms with Gasteiger partial charge in [0.2, 0.25) is 0 Å². The molecule has 1 N–H and O–H groups in total. The highest BCUT2D eigenvalue weighted by Gasteiger charge is 2.23. The summed E-state index contributed by atoms with van der Waals surface area (Å²) in [7, 11) is 0. The lowest BCUT2D eigenvalue weighted by Crippen LogP contribution is -2.32. The van der Waals surface area contributed by atoms with Crippen molar-refractivity contribution in [3.8, 4) is 11.5 Å². The third kappa shape index (κ3) is 3.72. The van der Waals surface area contributed by atoms with E-state index in [0.29, 0.717) is 42.0 Å². The fourth-order valence-corrected chi connectivity index (χ4v) is 4.46. The van der Waals surface area contributed by atoms with E-state index in [-0.39, 0.29) is 23.4 Å². The van der Waals surface area contributed by atoms with Gasteiger partial charge in [-0.25, -0.2) is 4.98 Å². The highest BCUT2D eigenvalue weighted by Crippen LogP contribution is 2.34. The molecule has 2 aliphatic rings. The molecule has 0 spiro atoms. The number of nitrogens with zero attached hydrogens (tertiary/aromatic N) is 2. The predicted octanol–water partition coefficient (Wildman–Crippen LogP) is 3.63. The number of carbonyl (C=O) groups excluding carboxylic acids is 1. The minimum atomic E-state index is -0.200. The van der Waals surface area contributed by atoms with Gasteiger partial charge in [0.25, 0.3) is 11.5 Å². The molecule has 2 aromatic carbocycles. The molecular formula is C25H27N3O4. The second-order valence-corrected chi connectivity index (χ2v) is 8.77. The first kappa shape index (κ1) is 20.5. The Hall–Kier alpha value is -3.35. The van der Waals surface area contributed by atoms with Crippen molar-refractivity contribution in [2.45, 2.75) is 45.7 Å². The highest BCUT2D eigenvalue weighted by molar-refractivity contribution is 5.97. The number of fused-ring (bicyclic) bond motifs is 3. The molecule has 0 aliphatic carbocycles. The Labute approximate surface area is 186 Å². The minimum absolute atomic E-state index is 0.0262. The molecular weight excluding hydrogens is 406 g/mol. The zero-order chi connectivity index (χ0) is 22.2. The lowest BCUT2D eigenvalue weighted by Gasteiger charge is -2.24. The van der Waals surface area contributed by atoms with Crippen molar-refractivity contribution < 1.29 is 14.3 Å². The molecule has 32 heavy (non-hydrogen) atoms. The number of benzene rings is 2. The topological polar surface area (TPSA) is 82.5 Å². The summed E-state index contributed by atoms with van der Waals surface area (Å²) >= 11 is 0. The minimum Gasteiger partial charge on any atom is -0.490 e. The Morgan fingerprint density at radius 1 is 1.06 bits per heavy atom. The SMILES string of the molecule is CC(C)C(NC(=O)c1ccc2c(=O)n3c(nc2c1)CCC3)c1ccc2c(c1)OCCCO2. The molecule has 7 heteroatoms. The van der Waals surface area contributed by atoms with Gasteiger partial charge in [-0.2, -0.15) is 0 Å². The van der Waals surface area contributed by atoms with Crippen molar-refractivity contribution in [2.75, 3.05) is 13.2 Å². The number of aryl methyl sites for hydroxylation is 1. The molecule has 2 aliphatic heterocycles. The Kier molecular flexibility index (Phi) is 5.33. The van der Waals surface area contributed by atoms with Crippen LogP contribution >= 0.6 is 0 Å². The molecule has 1 amide bonds. The van der Waals surface area contributed by atoms with Gasteiger partial charge in [0.1, 0.15) is 5.82 Å². The van der Waals surface area contributed by atoms with Crippen molar-refractivity contribution in [1.82, 2.24) is 14.9 Å². The van der Waals surface area contributed by atoms with Crippen molar-refractivity contribution >= 4 is 16.8 Å². The van der Waals surface area contributed by atoms with Gasteiger partial charge in [-0.3, -0.25) is 14.2 Å². The molecule has 0 fully saturated rings. The van der Waals surface area contributed by atoms with Gasteiger partial charge in [0.05, 0.1) is 30.2 Å². The Balaban J connectivity index is 1.43. The van der Waals surface area contributed by atoms with Crippen LogP contribution in [0.2, 0.25) is 0 Å². The molecule has 0 radical (unpaired) electrons. The van der Waals surface area contributed by atoms with E-state index in [9.17, 15) is 9.59 Å². The maximum atomic E-state index is 13.2. The fraction of sp³-hybridized carbons (Fsp3) is 0.400. The summed E-state index contributed by atoms with van der Waals surface area (Å²) in [5, 5.41) is 3.71. The zero-order valence-electron chi connectivity index (χ0n) is 18.4. The molecule has 1 unspecified atom stereocenters. The van der Waals surface area contributed by atoms with Crippen LogP contribution in [0.15, 0.2) is 41.2 Å². The molecule has 3 aromatic rings. The molecule has 5 rings (SSSR count). The summed E-state index contributed by atoms with van der Waals surface area (Å²) in [4.78, 5) is 30.5. The summed E-state index contributed by atoms with van der Waals surface area (Å²) in [6, 6.07) is 10.8. The van der Waals surface area contributed by atoms with E-state index in [1.54, 1.807) is 22.8 Å². The van der Waals surface area contributed by atoms with Gasteiger partial charge < -0.3 is 14.8 Å². The van der Waals surface area contributed by atoms with Gasteiger partial charge in [-0.05, 0) is 48.2 Å². The molecule has 1 atom stereocenters. The second kappa shape index (κ2) is 8.30. The van der Waals surface area contributed by atoms with E-state index in [2.05, 4.69) is 24.1 Å². The molecule has 166 valence electrons. The van der Waals surface area contributed by atoms with E-state index in [1.165, 1.54) is 0 Å². The first-order valence-corrected chi connectivity index (χ1v) is 11.2. The average molecular weight is 434 g/mol. The van der Waals surface area contributed by atoms with Gasteiger partial charge >= 0.3 is 0 Å². The summed E-state index contributed by atoms with van der Waals surface area (Å²) in [6.07, 6.45) is 2.57. The first-order valence-electron chi connectivity index (χ1n) is 11.2. The van der Waals surface area contributed by atoms with Crippen molar-refractivity contribution in [3.63, 3.8) is 0 Å². The van der Waals surface area contributed by atoms with Crippen LogP contribution in [0.3, 0.4) is 0 Å². The van der Waals surface area contributed by atoms with E-state index in [0.717, 1.165) is 36.4 Å². The molecule has 3 heterocycles. The summed E-state index contributed by atoms with van der Waals surface area (Å²) in [6.45, 7) is 6.10. The van der Waals surface area contributed by atoms with Gasteiger partial charge in [0, 0.05) is 24.9 Å². The van der Waals surface area contributed by atoms with Crippen molar-refractivity contribution in [1.29, 1.82) is 0 Å². The van der Waals surface area contributed by atoms with Crippen LogP contribution in [0.5, 0.6) is 11.5 Å². The van der Waals surface area contributed by atoms with Crippen LogP contribution < -0.4 is 20.3 Å². The van der Waals surface area contributed by atoms with E-state index in [1.807, 2.05) is 18.2 Å². The van der Waals surface area contributed by atoms with E-state index >= 15 is 0 Å². The zero-order valence-corrected chi connectivity index (χ0v) is 18.4. The number of carbonyl (C=O) groups is 1. The van der Waals surface area contributed by atoms with Gasteiger partial charge in [-0.15, -0.1) is 0 Å². The van der Waals surface area contributed by atoms with E-state index < -0.39 is 0 Å². The number of hydrogen-bond acceptors (Lipinski definition) is 5. The summed E-state index contributed by atoms with van der Waals surface area (Å²) in [5.41, 5.74) is 2.01. The third-order valence-corrected chi connectivity index (χ3v) is 6.16. The number of amides is 1. The largest absolute Gasteiger partial charge is 0.490 e. The predicted molar refractivity (Wildman–Crippen MR) is 121 cm³/mol. The first-order chi connectivity index (χ1) is 15.5. The molecule has 7 nitrogen and oxygen atoms in total.